The first-order valence-electron chi connectivity index (χ1n) is 6.71. The zero-order valence-corrected chi connectivity index (χ0v) is 13.9. The predicted octanol–water partition coefficient (Wildman–Crippen LogP) is 5.01. The van der Waals surface area contributed by atoms with Gasteiger partial charge >= 0.3 is 0 Å². The molecule has 0 spiro atoms. The van der Waals surface area contributed by atoms with Crippen molar-refractivity contribution in [1.29, 1.82) is 0 Å². The average Bonchev–Trinajstić information content (AvgIpc) is 2.40. The van der Waals surface area contributed by atoms with Gasteiger partial charge in [-0.25, -0.2) is 0 Å². The topological polar surface area (TPSA) is 26.0 Å². The lowest BCUT2D eigenvalue weighted by Gasteiger charge is -2.25. The van der Waals surface area contributed by atoms with Crippen molar-refractivity contribution in [3.63, 3.8) is 0 Å². The summed E-state index contributed by atoms with van der Waals surface area (Å²) in [6.45, 7) is 6.72. The fourth-order valence-electron chi connectivity index (χ4n) is 1.75. The Morgan fingerprint density at radius 1 is 1.22 bits per heavy atom. The summed E-state index contributed by atoms with van der Waals surface area (Å²) in [7, 11) is 0. The molecule has 0 radical (unpaired) electrons. The summed E-state index contributed by atoms with van der Waals surface area (Å²) in [6, 6.07) is 8.67. The second-order valence-corrected chi connectivity index (χ2v) is 6.89. The van der Waals surface area contributed by atoms with Crippen molar-refractivity contribution in [2.45, 2.75) is 44.9 Å². The molecule has 1 nitrogen and oxygen atoms in total. The molecule has 0 fully saturated rings. The van der Waals surface area contributed by atoms with Crippen LogP contribution in [0.3, 0.4) is 0 Å². The van der Waals surface area contributed by atoms with E-state index in [2.05, 4.69) is 61.0 Å². The van der Waals surface area contributed by atoms with E-state index in [0.717, 1.165) is 12.3 Å². The maximum atomic E-state index is 6.30. The van der Waals surface area contributed by atoms with Crippen molar-refractivity contribution >= 4 is 27.7 Å². The Kier molecular flexibility index (Phi) is 7.35. The fraction of sp³-hybridized carbons (Fsp3) is 0.600. The molecule has 0 amide bonds. The van der Waals surface area contributed by atoms with E-state index in [4.69, 9.17) is 5.73 Å². The SMILES string of the molecule is CCC(C)CSC(c1ccccc1Br)C(N)CC. The maximum Gasteiger partial charge on any atom is 0.0459 e. The van der Waals surface area contributed by atoms with Crippen LogP contribution in [-0.2, 0) is 0 Å². The van der Waals surface area contributed by atoms with Crippen LogP contribution in [0.5, 0.6) is 0 Å². The Hall–Kier alpha value is 0.01000. The molecular formula is C15H24BrNS. The van der Waals surface area contributed by atoms with Crippen molar-refractivity contribution in [2.75, 3.05) is 5.75 Å². The van der Waals surface area contributed by atoms with Crippen LogP contribution < -0.4 is 5.73 Å². The Morgan fingerprint density at radius 2 is 1.89 bits per heavy atom. The first-order valence-corrected chi connectivity index (χ1v) is 8.55. The van der Waals surface area contributed by atoms with Gasteiger partial charge in [-0.1, -0.05) is 61.3 Å². The van der Waals surface area contributed by atoms with E-state index in [-0.39, 0.29) is 6.04 Å². The first kappa shape index (κ1) is 16.1. The molecule has 0 saturated heterocycles. The number of hydrogen-bond donors (Lipinski definition) is 1. The molecule has 3 heteroatoms. The Labute approximate surface area is 124 Å². The van der Waals surface area contributed by atoms with Crippen LogP contribution in [0.15, 0.2) is 28.7 Å². The largest absolute Gasteiger partial charge is 0.326 e. The summed E-state index contributed by atoms with van der Waals surface area (Å²) < 4.78 is 1.18. The van der Waals surface area contributed by atoms with Gasteiger partial charge in [0.25, 0.3) is 0 Å². The maximum absolute atomic E-state index is 6.30. The van der Waals surface area contributed by atoms with E-state index in [1.165, 1.54) is 22.2 Å². The Bertz CT molecular complexity index is 356. The van der Waals surface area contributed by atoms with Crippen molar-refractivity contribution < 1.29 is 0 Å². The minimum Gasteiger partial charge on any atom is -0.326 e. The summed E-state index contributed by atoms with van der Waals surface area (Å²) in [4.78, 5) is 0. The van der Waals surface area contributed by atoms with Gasteiger partial charge < -0.3 is 5.73 Å². The van der Waals surface area contributed by atoms with Crippen LogP contribution in [0.4, 0.5) is 0 Å². The number of benzene rings is 1. The van der Waals surface area contributed by atoms with Gasteiger partial charge in [0.15, 0.2) is 0 Å². The molecule has 1 aromatic rings. The highest BCUT2D eigenvalue weighted by Crippen LogP contribution is 2.37. The normalized spacial score (nSPS) is 16.3. The van der Waals surface area contributed by atoms with Crippen molar-refractivity contribution in [2.24, 2.45) is 11.7 Å². The highest BCUT2D eigenvalue weighted by Gasteiger charge is 2.21. The molecule has 102 valence electrons. The zero-order valence-electron chi connectivity index (χ0n) is 11.5. The molecule has 1 aromatic carbocycles. The van der Waals surface area contributed by atoms with Crippen molar-refractivity contribution in [1.82, 2.24) is 0 Å². The molecule has 18 heavy (non-hydrogen) atoms. The number of rotatable bonds is 7. The summed E-state index contributed by atoms with van der Waals surface area (Å²) in [5.74, 6) is 1.93. The quantitative estimate of drug-likeness (QED) is 0.761. The predicted molar refractivity (Wildman–Crippen MR) is 87.1 cm³/mol. The summed E-state index contributed by atoms with van der Waals surface area (Å²) >= 11 is 5.65. The molecule has 0 aliphatic rings. The van der Waals surface area contributed by atoms with Gasteiger partial charge in [-0.15, -0.1) is 0 Å². The minimum atomic E-state index is 0.220. The molecular weight excluding hydrogens is 306 g/mol. The van der Waals surface area contributed by atoms with Crippen molar-refractivity contribution in [3.05, 3.63) is 34.3 Å². The molecule has 3 unspecified atom stereocenters. The first-order chi connectivity index (χ1) is 8.60. The lowest BCUT2D eigenvalue weighted by molar-refractivity contribution is 0.614. The van der Waals surface area contributed by atoms with Crippen LogP contribution in [0, 0.1) is 5.92 Å². The van der Waals surface area contributed by atoms with Gasteiger partial charge in [-0.2, -0.15) is 11.8 Å². The summed E-state index contributed by atoms with van der Waals surface area (Å²) in [5.41, 5.74) is 7.64. The number of thioether (sulfide) groups is 1. The molecule has 0 aliphatic heterocycles. The number of nitrogens with two attached hydrogens (primary N) is 1. The third-order valence-corrected chi connectivity index (χ3v) is 5.78. The molecule has 0 aliphatic carbocycles. The van der Waals surface area contributed by atoms with E-state index in [0.29, 0.717) is 5.25 Å². The molecule has 3 atom stereocenters. The second-order valence-electron chi connectivity index (χ2n) is 4.86. The van der Waals surface area contributed by atoms with Gasteiger partial charge in [0.1, 0.15) is 0 Å². The molecule has 0 heterocycles. The summed E-state index contributed by atoms with van der Waals surface area (Å²) in [5, 5.41) is 0.388. The lowest BCUT2D eigenvalue weighted by atomic mass is 10.0. The van der Waals surface area contributed by atoms with Gasteiger partial charge in [-0.3, -0.25) is 0 Å². The smallest absolute Gasteiger partial charge is 0.0459 e. The number of hydrogen-bond acceptors (Lipinski definition) is 2. The van der Waals surface area contributed by atoms with E-state index in [9.17, 15) is 0 Å². The van der Waals surface area contributed by atoms with Gasteiger partial charge in [0.2, 0.25) is 0 Å². The minimum absolute atomic E-state index is 0.220. The van der Waals surface area contributed by atoms with Crippen LogP contribution in [0.2, 0.25) is 0 Å². The van der Waals surface area contributed by atoms with Crippen molar-refractivity contribution in [3.8, 4) is 0 Å². The van der Waals surface area contributed by atoms with Crippen LogP contribution in [0.1, 0.15) is 44.4 Å². The monoisotopic (exact) mass is 329 g/mol. The van der Waals surface area contributed by atoms with E-state index >= 15 is 0 Å². The zero-order chi connectivity index (χ0) is 13.5. The van der Waals surface area contributed by atoms with Gasteiger partial charge in [0.05, 0.1) is 0 Å². The highest BCUT2D eigenvalue weighted by molar-refractivity contribution is 9.10. The van der Waals surface area contributed by atoms with Gasteiger partial charge in [0, 0.05) is 15.8 Å². The van der Waals surface area contributed by atoms with Gasteiger partial charge in [-0.05, 0) is 29.7 Å². The average molecular weight is 330 g/mol. The third-order valence-electron chi connectivity index (χ3n) is 3.33. The standard InChI is InChI=1S/C15H24BrNS/c1-4-11(3)10-18-15(14(17)5-2)12-8-6-7-9-13(12)16/h6-9,11,14-15H,4-5,10,17H2,1-3H3. The fourth-order valence-corrected chi connectivity index (χ4v) is 4.03. The van der Waals surface area contributed by atoms with Crippen LogP contribution in [-0.4, -0.2) is 11.8 Å². The number of halogens is 1. The van der Waals surface area contributed by atoms with E-state index in [1.54, 1.807) is 0 Å². The van der Waals surface area contributed by atoms with E-state index < -0.39 is 0 Å². The molecule has 0 aromatic heterocycles. The third kappa shape index (κ3) is 4.60. The summed E-state index contributed by atoms with van der Waals surface area (Å²) in [6.07, 6.45) is 2.25. The van der Waals surface area contributed by atoms with Crippen LogP contribution in [0.25, 0.3) is 0 Å². The molecule has 0 bridgehead atoms. The molecule has 0 saturated carbocycles. The lowest BCUT2D eigenvalue weighted by Crippen LogP contribution is -2.26. The molecule has 2 N–H and O–H groups in total. The highest BCUT2D eigenvalue weighted by atomic mass is 79.9. The molecule has 1 rings (SSSR count). The second kappa shape index (κ2) is 8.23. The Morgan fingerprint density at radius 3 is 2.44 bits per heavy atom. The van der Waals surface area contributed by atoms with E-state index in [1.807, 2.05) is 11.8 Å². The Balaban J connectivity index is 2.82. The van der Waals surface area contributed by atoms with Crippen LogP contribution >= 0.6 is 27.7 Å².